The fourth-order valence-electron chi connectivity index (χ4n) is 4.52. The van der Waals surface area contributed by atoms with Crippen molar-refractivity contribution >= 4 is 22.4 Å². The molecule has 2 aromatic carbocycles. The molecular formula is C25H30N4O2. The number of likely N-dealkylation sites (tertiary alicyclic amines) is 1. The molecule has 1 N–H and O–H groups in total. The Hall–Kier alpha value is -2.99. The van der Waals surface area contributed by atoms with Crippen LogP contribution in [0.5, 0.6) is 0 Å². The van der Waals surface area contributed by atoms with Gasteiger partial charge in [-0.2, -0.15) is 5.10 Å². The van der Waals surface area contributed by atoms with Crippen LogP contribution in [0.3, 0.4) is 0 Å². The second-order valence-electron chi connectivity index (χ2n) is 8.77. The summed E-state index contributed by atoms with van der Waals surface area (Å²) in [5, 5.41) is 8.32. The molecule has 1 aliphatic heterocycles. The molecule has 2 atom stereocenters. The van der Waals surface area contributed by atoms with E-state index < -0.39 is 0 Å². The molecule has 31 heavy (non-hydrogen) atoms. The maximum Gasteiger partial charge on any atom is 0.275 e. The molecule has 4 rings (SSSR count). The van der Waals surface area contributed by atoms with Crippen molar-refractivity contribution in [3.8, 4) is 0 Å². The van der Waals surface area contributed by atoms with Crippen LogP contribution in [0.1, 0.15) is 25.3 Å². The first-order valence-corrected chi connectivity index (χ1v) is 11.0. The lowest BCUT2D eigenvalue weighted by molar-refractivity contribution is -0.117. The van der Waals surface area contributed by atoms with Gasteiger partial charge in [0.05, 0.1) is 11.6 Å². The molecule has 2 heterocycles. The van der Waals surface area contributed by atoms with E-state index in [1.165, 1.54) is 36.2 Å². The fourth-order valence-corrected chi connectivity index (χ4v) is 4.52. The number of fused-ring (bicyclic) bond motifs is 1. The maximum atomic E-state index is 12.5. The van der Waals surface area contributed by atoms with Gasteiger partial charge in [0, 0.05) is 17.6 Å². The Morgan fingerprint density at radius 2 is 1.94 bits per heavy atom. The highest BCUT2D eigenvalue weighted by molar-refractivity contribution is 5.90. The van der Waals surface area contributed by atoms with Crippen molar-refractivity contribution in [2.45, 2.75) is 32.7 Å². The van der Waals surface area contributed by atoms with Gasteiger partial charge in [-0.15, -0.1) is 0 Å². The van der Waals surface area contributed by atoms with Crippen molar-refractivity contribution in [2.24, 2.45) is 11.8 Å². The van der Waals surface area contributed by atoms with E-state index in [1.54, 1.807) is 12.3 Å². The van der Waals surface area contributed by atoms with E-state index >= 15 is 0 Å². The van der Waals surface area contributed by atoms with Crippen LogP contribution < -0.4 is 10.9 Å². The van der Waals surface area contributed by atoms with Crippen LogP contribution in [0.15, 0.2) is 59.5 Å². The van der Waals surface area contributed by atoms with Crippen LogP contribution in [0.25, 0.3) is 10.8 Å². The zero-order valence-corrected chi connectivity index (χ0v) is 18.3. The summed E-state index contributed by atoms with van der Waals surface area (Å²) in [7, 11) is 2.20. The molecule has 3 aromatic rings. The number of aryl methyl sites for hydroxylation is 1. The molecule has 6 nitrogen and oxygen atoms in total. The first-order valence-electron chi connectivity index (χ1n) is 11.0. The molecule has 0 aliphatic carbocycles. The Morgan fingerprint density at radius 1 is 1.16 bits per heavy atom. The molecule has 0 radical (unpaired) electrons. The topological polar surface area (TPSA) is 67.2 Å². The van der Waals surface area contributed by atoms with Crippen LogP contribution >= 0.6 is 0 Å². The lowest BCUT2D eigenvalue weighted by Gasteiger charge is -2.34. The Morgan fingerprint density at radius 3 is 2.71 bits per heavy atom. The smallest absolute Gasteiger partial charge is 0.275 e. The third kappa shape index (κ3) is 5.20. The van der Waals surface area contributed by atoms with Crippen molar-refractivity contribution in [2.75, 3.05) is 25.5 Å². The molecule has 1 saturated heterocycles. The number of aromatic nitrogens is 2. The summed E-state index contributed by atoms with van der Waals surface area (Å²) < 4.78 is 1.20. The van der Waals surface area contributed by atoms with Gasteiger partial charge in [0.2, 0.25) is 5.91 Å². The number of nitrogens with zero attached hydrogens (tertiary/aromatic N) is 3. The largest absolute Gasteiger partial charge is 0.324 e. The third-order valence-electron chi connectivity index (χ3n) is 6.38. The van der Waals surface area contributed by atoms with Gasteiger partial charge in [0.25, 0.3) is 5.56 Å². The Bertz CT molecular complexity index is 1110. The van der Waals surface area contributed by atoms with E-state index in [1.807, 2.05) is 30.3 Å². The highest BCUT2D eigenvalue weighted by Crippen LogP contribution is 2.27. The van der Waals surface area contributed by atoms with E-state index in [0.29, 0.717) is 5.39 Å². The second-order valence-corrected chi connectivity index (χ2v) is 8.77. The minimum absolute atomic E-state index is 0.112. The van der Waals surface area contributed by atoms with Crippen LogP contribution in [0.2, 0.25) is 0 Å². The number of hydrogen-bond acceptors (Lipinski definition) is 4. The number of carbonyl (C=O) groups is 1. The van der Waals surface area contributed by atoms with E-state index in [4.69, 9.17) is 0 Å². The number of hydrogen-bond donors (Lipinski definition) is 1. The molecule has 162 valence electrons. The number of amides is 1. The molecule has 0 saturated carbocycles. The number of piperidine rings is 1. The zero-order valence-electron chi connectivity index (χ0n) is 18.3. The summed E-state index contributed by atoms with van der Waals surface area (Å²) in [5.41, 5.74) is 1.76. The summed E-state index contributed by atoms with van der Waals surface area (Å²) >= 11 is 0. The number of anilines is 1. The van der Waals surface area contributed by atoms with Gasteiger partial charge in [-0.25, -0.2) is 4.68 Å². The van der Waals surface area contributed by atoms with Gasteiger partial charge in [0.1, 0.15) is 6.54 Å². The number of benzene rings is 2. The van der Waals surface area contributed by atoms with Gasteiger partial charge in [-0.1, -0.05) is 37.3 Å². The average Bonchev–Trinajstić information content (AvgIpc) is 2.76. The number of carbonyl (C=O) groups excluding carboxylic acids is 1. The van der Waals surface area contributed by atoms with Gasteiger partial charge >= 0.3 is 0 Å². The third-order valence-corrected chi connectivity index (χ3v) is 6.38. The fraction of sp³-hybridized carbons (Fsp3) is 0.400. The molecular weight excluding hydrogens is 388 g/mol. The Balaban J connectivity index is 1.32. The molecule has 1 fully saturated rings. The van der Waals surface area contributed by atoms with Crippen LogP contribution in [-0.4, -0.2) is 40.7 Å². The number of rotatable bonds is 6. The summed E-state index contributed by atoms with van der Waals surface area (Å²) in [6.07, 6.45) is 5.15. The minimum Gasteiger partial charge on any atom is -0.324 e. The normalized spacial score (nSPS) is 19.4. The zero-order chi connectivity index (χ0) is 21.8. The van der Waals surface area contributed by atoms with E-state index in [0.717, 1.165) is 29.3 Å². The molecule has 0 bridgehead atoms. The molecule has 0 spiro atoms. The molecule has 6 heteroatoms. The molecule has 1 aliphatic rings. The highest BCUT2D eigenvalue weighted by atomic mass is 16.2. The maximum absolute atomic E-state index is 12.5. The van der Waals surface area contributed by atoms with Crippen LogP contribution in [-0.2, 0) is 17.8 Å². The molecule has 1 amide bonds. The van der Waals surface area contributed by atoms with Crippen molar-refractivity contribution in [3.05, 3.63) is 70.6 Å². The van der Waals surface area contributed by atoms with E-state index in [-0.39, 0.29) is 18.0 Å². The summed E-state index contributed by atoms with van der Waals surface area (Å²) in [6, 6.07) is 15.3. The van der Waals surface area contributed by atoms with Crippen molar-refractivity contribution in [1.82, 2.24) is 14.7 Å². The average molecular weight is 419 g/mol. The summed E-state index contributed by atoms with van der Waals surface area (Å²) in [6.45, 7) is 4.62. The first kappa shape index (κ1) is 21.2. The lowest BCUT2D eigenvalue weighted by Crippen LogP contribution is -2.36. The first-order chi connectivity index (χ1) is 15.0. The Labute approximate surface area is 182 Å². The standard InChI is InChI=1S/C25H30N4O2/c1-18-16-28(2)14-13-20(18)10-7-19-8-11-22(12-9-19)27-24(30)17-29-25(31)23-6-4-3-5-21(23)15-26-29/h3-6,8-9,11-12,15,18,20H,7,10,13-14,16-17H2,1-2H3,(H,27,30). The predicted molar refractivity (Wildman–Crippen MR) is 124 cm³/mol. The molecule has 1 aromatic heterocycles. The highest BCUT2D eigenvalue weighted by Gasteiger charge is 2.23. The molecule has 2 unspecified atom stereocenters. The van der Waals surface area contributed by atoms with Gasteiger partial charge in [0.15, 0.2) is 0 Å². The van der Waals surface area contributed by atoms with Crippen molar-refractivity contribution in [1.29, 1.82) is 0 Å². The van der Waals surface area contributed by atoms with Crippen molar-refractivity contribution < 1.29 is 4.79 Å². The van der Waals surface area contributed by atoms with Gasteiger partial charge in [-0.05, 0) is 68.5 Å². The summed E-state index contributed by atoms with van der Waals surface area (Å²) in [5.74, 6) is 1.26. The van der Waals surface area contributed by atoms with Crippen LogP contribution in [0, 0.1) is 11.8 Å². The predicted octanol–water partition coefficient (Wildman–Crippen LogP) is 3.56. The summed E-state index contributed by atoms with van der Waals surface area (Å²) in [4.78, 5) is 27.4. The van der Waals surface area contributed by atoms with Gasteiger partial charge in [-0.3, -0.25) is 9.59 Å². The van der Waals surface area contributed by atoms with Crippen LogP contribution in [0.4, 0.5) is 5.69 Å². The Kier molecular flexibility index (Phi) is 6.47. The van der Waals surface area contributed by atoms with E-state index in [2.05, 4.69) is 41.4 Å². The quantitative estimate of drug-likeness (QED) is 0.665. The van der Waals surface area contributed by atoms with Crippen molar-refractivity contribution in [3.63, 3.8) is 0 Å². The SMILES string of the molecule is CC1CN(C)CCC1CCc1ccc(NC(=O)Cn2ncc3ccccc3c2=O)cc1. The monoisotopic (exact) mass is 418 g/mol. The minimum atomic E-state index is -0.266. The lowest BCUT2D eigenvalue weighted by atomic mass is 9.83. The van der Waals surface area contributed by atoms with Gasteiger partial charge < -0.3 is 10.2 Å². The van der Waals surface area contributed by atoms with E-state index in [9.17, 15) is 9.59 Å². The second kappa shape index (κ2) is 9.43. The number of nitrogens with one attached hydrogen (secondary N) is 1.